The molecule has 1 heteroatoms. The number of halogens is 1. The smallest absolute Gasteiger partial charge is 0.131 e. The van der Waals surface area contributed by atoms with Gasteiger partial charge in [0.2, 0.25) is 0 Å². The van der Waals surface area contributed by atoms with Gasteiger partial charge in [-0.2, -0.15) is 0 Å². The number of benzene rings is 3. The Labute approximate surface area is 169 Å². The normalized spacial score (nSPS) is 11.0. The molecule has 0 saturated carbocycles. The van der Waals surface area contributed by atoms with E-state index >= 15 is 0 Å². The summed E-state index contributed by atoms with van der Waals surface area (Å²) in [5.41, 5.74) is 6.78. The summed E-state index contributed by atoms with van der Waals surface area (Å²) in [6.45, 7) is 4.37. The second-order valence-electron chi connectivity index (χ2n) is 7.64. The van der Waals surface area contributed by atoms with Crippen LogP contribution < -0.4 is 0 Å². The molecule has 28 heavy (non-hydrogen) atoms. The van der Waals surface area contributed by atoms with Crippen LogP contribution in [-0.2, 0) is 25.7 Å². The van der Waals surface area contributed by atoms with Gasteiger partial charge < -0.3 is 0 Å². The van der Waals surface area contributed by atoms with E-state index < -0.39 is 0 Å². The van der Waals surface area contributed by atoms with Crippen molar-refractivity contribution in [2.45, 2.75) is 58.8 Å². The van der Waals surface area contributed by atoms with E-state index in [0.717, 1.165) is 43.2 Å². The summed E-state index contributed by atoms with van der Waals surface area (Å²) in [6.07, 6.45) is 7.60. The van der Waals surface area contributed by atoms with Gasteiger partial charge in [-0.25, -0.2) is 4.39 Å². The Morgan fingerprint density at radius 1 is 0.607 bits per heavy atom. The van der Waals surface area contributed by atoms with Crippen LogP contribution in [0.25, 0.3) is 11.1 Å². The van der Waals surface area contributed by atoms with Gasteiger partial charge in [0.25, 0.3) is 0 Å². The molecule has 0 spiro atoms. The van der Waals surface area contributed by atoms with Crippen molar-refractivity contribution in [3.05, 3.63) is 94.8 Å². The zero-order chi connectivity index (χ0) is 19.8. The van der Waals surface area contributed by atoms with Gasteiger partial charge in [0.05, 0.1) is 0 Å². The fourth-order valence-corrected chi connectivity index (χ4v) is 3.61. The monoisotopic (exact) mass is 374 g/mol. The van der Waals surface area contributed by atoms with Crippen LogP contribution in [0.2, 0.25) is 0 Å². The average molecular weight is 375 g/mol. The molecule has 3 aromatic rings. The van der Waals surface area contributed by atoms with E-state index in [-0.39, 0.29) is 5.82 Å². The fourth-order valence-electron chi connectivity index (χ4n) is 3.61. The number of unbranched alkanes of at least 4 members (excludes halogenated alkanes) is 2. The molecule has 0 saturated heterocycles. The maximum absolute atomic E-state index is 14.6. The third kappa shape index (κ3) is 5.55. The summed E-state index contributed by atoms with van der Waals surface area (Å²) < 4.78 is 14.6. The van der Waals surface area contributed by atoms with Crippen molar-refractivity contribution in [2.75, 3.05) is 0 Å². The number of aryl methyl sites for hydroxylation is 4. The summed E-state index contributed by atoms with van der Waals surface area (Å²) in [4.78, 5) is 0. The summed E-state index contributed by atoms with van der Waals surface area (Å²) in [5, 5.41) is 0. The van der Waals surface area contributed by atoms with E-state index in [0.29, 0.717) is 5.56 Å². The average Bonchev–Trinajstić information content (AvgIpc) is 2.73. The second kappa shape index (κ2) is 10.2. The van der Waals surface area contributed by atoms with Gasteiger partial charge in [0.1, 0.15) is 5.82 Å². The molecule has 0 amide bonds. The lowest BCUT2D eigenvalue weighted by molar-refractivity contribution is 0.626. The van der Waals surface area contributed by atoms with Gasteiger partial charge in [0.15, 0.2) is 0 Å². The predicted molar refractivity (Wildman–Crippen MR) is 118 cm³/mol. The lowest BCUT2D eigenvalue weighted by Gasteiger charge is -2.08. The first kappa shape index (κ1) is 20.3. The molecule has 0 aliphatic heterocycles. The molecule has 0 nitrogen and oxygen atoms in total. The van der Waals surface area contributed by atoms with Crippen molar-refractivity contribution < 1.29 is 4.39 Å². The van der Waals surface area contributed by atoms with Crippen molar-refractivity contribution in [3.8, 4) is 11.1 Å². The Kier molecular flexibility index (Phi) is 7.42. The van der Waals surface area contributed by atoms with Crippen molar-refractivity contribution in [1.29, 1.82) is 0 Å². The van der Waals surface area contributed by atoms with Gasteiger partial charge in [-0.15, -0.1) is 0 Å². The minimum absolute atomic E-state index is 0.113. The molecule has 0 fully saturated rings. The maximum Gasteiger partial charge on any atom is 0.131 e. The lowest BCUT2D eigenvalue weighted by atomic mass is 9.98. The standard InChI is InChI=1S/C27H31F/c1-3-5-6-7-24-16-19-26(27(28)20-24)25-17-14-23(15-18-25)13-12-22-10-8-21(4-2)9-11-22/h8-11,14-20H,3-7,12-13H2,1-2H3. The first-order chi connectivity index (χ1) is 13.7. The van der Waals surface area contributed by atoms with Crippen LogP contribution >= 0.6 is 0 Å². The van der Waals surface area contributed by atoms with Gasteiger partial charge in [-0.05, 0) is 66.0 Å². The number of rotatable bonds is 9. The quantitative estimate of drug-likeness (QED) is 0.339. The van der Waals surface area contributed by atoms with Crippen molar-refractivity contribution in [3.63, 3.8) is 0 Å². The molecule has 0 unspecified atom stereocenters. The lowest BCUT2D eigenvalue weighted by Crippen LogP contribution is -1.93. The van der Waals surface area contributed by atoms with E-state index in [4.69, 9.17) is 0 Å². The molecular formula is C27H31F. The topological polar surface area (TPSA) is 0 Å². The van der Waals surface area contributed by atoms with E-state index in [1.165, 1.54) is 29.5 Å². The third-order valence-corrected chi connectivity index (χ3v) is 5.50. The van der Waals surface area contributed by atoms with Gasteiger partial charge in [-0.3, -0.25) is 0 Å². The van der Waals surface area contributed by atoms with E-state index in [2.05, 4.69) is 56.3 Å². The molecule has 0 N–H and O–H groups in total. The molecule has 0 bridgehead atoms. The van der Waals surface area contributed by atoms with E-state index in [1.54, 1.807) is 6.07 Å². The number of hydrogen-bond acceptors (Lipinski definition) is 0. The van der Waals surface area contributed by atoms with Crippen LogP contribution in [0.15, 0.2) is 66.7 Å². The molecule has 0 aliphatic rings. The Bertz CT molecular complexity index is 860. The largest absolute Gasteiger partial charge is 0.206 e. The summed E-state index contributed by atoms with van der Waals surface area (Å²) >= 11 is 0. The Morgan fingerprint density at radius 2 is 1.18 bits per heavy atom. The Hall–Kier alpha value is -2.41. The second-order valence-corrected chi connectivity index (χ2v) is 7.64. The summed E-state index contributed by atoms with van der Waals surface area (Å²) in [6, 6.07) is 22.9. The molecule has 0 radical (unpaired) electrons. The van der Waals surface area contributed by atoms with Crippen LogP contribution in [0.1, 0.15) is 55.4 Å². The van der Waals surface area contributed by atoms with Crippen LogP contribution in [0.3, 0.4) is 0 Å². The first-order valence-corrected chi connectivity index (χ1v) is 10.6. The molecule has 146 valence electrons. The fraction of sp³-hybridized carbons (Fsp3) is 0.333. The van der Waals surface area contributed by atoms with Crippen molar-refractivity contribution in [2.24, 2.45) is 0 Å². The molecule has 0 aromatic heterocycles. The third-order valence-electron chi connectivity index (χ3n) is 5.50. The predicted octanol–water partition coefficient (Wildman–Crippen LogP) is 7.57. The molecule has 0 heterocycles. The van der Waals surface area contributed by atoms with E-state index in [9.17, 15) is 4.39 Å². The Morgan fingerprint density at radius 3 is 1.75 bits per heavy atom. The van der Waals surface area contributed by atoms with Crippen LogP contribution in [-0.4, -0.2) is 0 Å². The van der Waals surface area contributed by atoms with Gasteiger partial charge in [0, 0.05) is 5.56 Å². The van der Waals surface area contributed by atoms with Crippen LogP contribution in [0.5, 0.6) is 0 Å². The molecule has 0 atom stereocenters. The highest BCUT2D eigenvalue weighted by atomic mass is 19.1. The minimum Gasteiger partial charge on any atom is -0.206 e. The van der Waals surface area contributed by atoms with E-state index in [1.807, 2.05) is 18.2 Å². The first-order valence-electron chi connectivity index (χ1n) is 10.6. The molecule has 0 aliphatic carbocycles. The highest BCUT2D eigenvalue weighted by Crippen LogP contribution is 2.25. The molecule has 3 rings (SSSR count). The van der Waals surface area contributed by atoms with Gasteiger partial charge in [-0.1, -0.05) is 87.4 Å². The van der Waals surface area contributed by atoms with Gasteiger partial charge >= 0.3 is 0 Å². The molecular weight excluding hydrogens is 343 g/mol. The van der Waals surface area contributed by atoms with Crippen molar-refractivity contribution in [1.82, 2.24) is 0 Å². The zero-order valence-corrected chi connectivity index (χ0v) is 17.2. The van der Waals surface area contributed by atoms with Crippen LogP contribution in [0.4, 0.5) is 4.39 Å². The maximum atomic E-state index is 14.6. The minimum atomic E-state index is -0.113. The summed E-state index contributed by atoms with van der Waals surface area (Å²) in [5.74, 6) is -0.113. The Balaban J connectivity index is 1.61. The van der Waals surface area contributed by atoms with Crippen molar-refractivity contribution >= 4 is 0 Å². The highest BCUT2D eigenvalue weighted by Gasteiger charge is 2.07. The number of hydrogen-bond donors (Lipinski definition) is 0. The SMILES string of the molecule is CCCCCc1ccc(-c2ccc(CCc3ccc(CC)cc3)cc2)c(F)c1. The highest BCUT2D eigenvalue weighted by molar-refractivity contribution is 5.64. The molecule has 3 aromatic carbocycles. The zero-order valence-electron chi connectivity index (χ0n) is 17.2. The van der Waals surface area contributed by atoms with Crippen LogP contribution in [0, 0.1) is 5.82 Å². The summed E-state index contributed by atoms with van der Waals surface area (Å²) in [7, 11) is 0.